The fourth-order valence-corrected chi connectivity index (χ4v) is 3.38. The van der Waals surface area contributed by atoms with E-state index >= 15 is 0 Å². The third-order valence-electron chi connectivity index (χ3n) is 5.03. The van der Waals surface area contributed by atoms with Gasteiger partial charge in [-0.2, -0.15) is 0 Å². The fraction of sp³-hybridized carbons (Fsp3) is 1.00. The number of hydrogen-bond acceptors (Lipinski definition) is 3. The smallest absolute Gasteiger partial charge is 0.0113 e. The Morgan fingerprint density at radius 3 is 2.22 bits per heavy atom. The van der Waals surface area contributed by atoms with E-state index in [4.69, 9.17) is 5.73 Å². The molecule has 3 heteroatoms. The monoisotopic (exact) mass is 253 g/mol. The maximum Gasteiger partial charge on any atom is 0.0113 e. The Kier molecular flexibility index (Phi) is 5.46. The van der Waals surface area contributed by atoms with Gasteiger partial charge in [0.15, 0.2) is 0 Å². The summed E-state index contributed by atoms with van der Waals surface area (Å²) >= 11 is 0. The molecular formula is C15H31N3. The van der Waals surface area contributed by atoms with E-state index in [1.54, 1.807) is 0 Å². The highest BCUT2D eigenvalue weighted by Gasteiger charge is 2.24. The summed E-state index contributed by atoms with van der Waals surface area (Å²) in [5.41, 5.74) is 5.98. The number of nitrogens with two attached hydrogens (primary N) is 1. The molecule has 1 heterocycles. The van der Waals surface area contributed by atoms with Crippen molar-refractivity contribution < 1.29 is 0 Å². The van der Waals surface area contributed by atoms with Gasteiger partial charge in [0.1, 0.15) is 0 Å². The van der Waals surface area contributed by atoms with Crippen molar-refractivity contribution >= 4 is 0 Å². The van der Waals surface area contributed by atoms with Crippen molar-refractivity contribution in [2.45, 2.75) is 58.0 Å². The van der Waals surface area contributed by atoms with Crippen molar-refractivity contribution in [2.24, 2.45) is 11.7 Å². The Morgan fingerprint density at radius 2 is 1.67 bits per heavy atom. The second-order valence-electron chi connectivity index (χ2n) is 6.37. The van der Waals surface area contributed by atoms with Gasteiger partial charge in [0.05, 0.1) is 0 Å². The molecular weight excluding hydrogens is 222 g/mol. The van der Waals surface area contributed by atoms with Crippen LogP contribution in [-0.4, -0.2) is 54.6 Å². The molecule has 3 nitrogen and oxygen atoms in total. The molecule has 1 atom stereocenters. The maximum atomic E-state index is 5.98. The van der Waals surface area contributed by atoms with Crippen molar-refractivity contribution in [3.63, 3.8) is 0 Å². The van der Waals surface area contributed by atoms with Gasteiger partial charge in [-0.05, 0) is 44.9 Å². The molecule has 2 fully saturated rings. The van der Waals surface area contributed by atoms with Crippen molar-refractivity contribution in [3.8, 4) is 0 Å². The summed E-state index contributed by atoms with van der Waals surface area (Å²) in [7, 11) is 0. The summed E-state index contributed by atoms with van der Waals surface area (Å²) in [6, 6.07) is 1.25. The minimum atomic E-state index is 0.489. The zero-order chi connectivity index (χ0) is 13.0. The van der Waals surface area contributed by atoms with Gasteiger partial charge in [0.2, 0.25) is 0 Å². The number of nitrogens with zero attached hydrogens (tertiary/aromatic N) is 2. The lowest BCUT2D eigenvalue weighted by Gasteiger charge is -2.40. The minimum absolute atomic E-state index is 0.489. The molecule has 0 aromatic carbocycles. The highest BCUT2D eigenvalue weighted by molar-refractivity contribution is 4.80. The third-order valence-corrected chi connectivity index (χ3v) is 5.03. The first-order chi connectivity index (χ1) is 8.69. The summed E-state index contributed by atoms with van der Waals surface area (Å²) in [5, 5.41) is 0. The number of rotatable bonds is 4. The minimum Gasteiger partial charge on any atom is -0.328 e. The molecule has 1 aliphatic heterocycles. The van der Waals surface area contributed by atoms with E-state index in [-0.39, 0.29) is 0 Å². The SMILES string of the molecule is CCC(C)N1CCN(CC2CCC(N)CC2)CC1. The van der Waals surface area contributed by atoms with E-state index in [0.29, 0.717) is 6.04 Å². The van der Waals surface area contributed by atoms with Crippen LogP contribution in [-0.2, 0) is 0 Å². The summed E-state index contributed by atoms with van der Waals surface area (Å²) < 4.78 is 0. The molecule has 0 amide bonds. The first kappa shape index (κ1) is 14.3. The summed E-state index contributed by atoms with van der Waals surface area (Å²) in [4.78, 5) is 5.33. The molecule has 2 aliphatic rings. The summed E-state index contributed by atoms with van der Waals surface area (Å²) in [6.45, 7) is 11.0. The zero-order valence-corrected chi connectivity index (χ0v) is 12.3. The van der Waals surface area contributed by atoms with Crippen LogP contribution >= 0.6 is 0 Å². The average molecular weight is 253 g/mol. The Morgan fingerprint density at radius 1 is 1.06 bits per heavy atom. The van der Waals surface area contributed by atoms with Gasteiger partial charge in [-0.25, -0.2) is 0 Å². The predicted octanol–water partition coefficient (Wildman–Crippen LogP) is 1.92. The van der Waals surface area contributed by atoms with Crippen LogP contribution in [0.3, 0.4) is 0 Å². The van der Waals surface area contributed by atoms with E-state index < -0.39 is 0 Å². The molecule has 2 rings (SSSR count). The first-order valence-corrected chi connectivity index (χ1v) is 7.91. The van der Waals surface area contributed by atoms with E-state index in [1.165, 1.54) is 64.8 Å². The topological polar surface area (TPSA) is 32.5 Å². The van der Waals surface area contributed by atoms with Crippen LogP contribution in [0.1, 0.15) is 46.0 Å². The van der Waals surface area contributed by atoms with Gasteiger partial charge >= 0.3 is 0 Å². The van der Waals surface area contributed by atoms with Crippen molar-refractivity contribution in [1.82, 2.24) is 9.80 Å². The van der Waals surface area contributed by atoms with Gasteiger partial charge in [-0.1, -0.05) is 6.92 Å². The van der Waals surface area contributed by atoms with Crippen LogP contribution in [0.4, 0.5) is 0 Å². The third kappa shape index (κ3) is 3.94. The molecule has 0 aromatic rings. The van der Waals surface area contributed by atoms with Gasteiger partial charge in [0.25, 0.3) is 0 Å². The average Bonchev–Trinajstić information content (AvgIpc) is 2.41. The van der Waals surface area contributed by atoms with Gasteiger partial charge < -0.3 is 10.6 Å². The molecule has 2 N–H and O–H groups in total. The summed E-state index contributed by atoms with van der Waals surface area (Å²) in [6.07, 6.45) is 6.48. The Balaban J connectivity index is 1.67. The van der Waals surface area contributed by atoms with E-state index in [9.17, 15) is 0 Å². The second kappa shape index (κ2) is 6.88. The number of hydrogen-bond donors (Lipinski definition) is 1. The highest BCUT2D eigenvalue weighted by Crippen LogP contribution is 2.24. The Labute approximate surface area is 113 Å². The largest absolute Gasteiger partial charge is 0.328 e. The molecule has 1 aliphatic carbocycles. The van der Waals surface area contributed by atoms with Crippen LogP contribution in [0.5, 0.6) is 0 Å². The van der Waals surface area contributed by atoms with Gasteiger partial charge in [-0.3, -0.25) is 4.90 Å². The van der Waals surface area contributed by atoms with Crippen molar-refractivity contribution in [2.75, 3.05) is 32.7 Å². The molecule has 1 unspecified atom stereocenters. The van der Waals surface area contributed by atoms with Crippen molar-refractivity contribution in [3.05, 3.63) is 0 Å². The van der Waals surface area contributed by atoms with Gasteiger partial charge in [0, 0.05) is 44.8 Å². The lowest BCUT2D eigenvalue weighted by molar-refractivity contribution is 0.0838. The molecule has 18 heavy (non-hydrogen) atoms. The Bertz CT molecular complexity index is 228. The molecule has 1 saturated carbocycles. The zero-order valence-electron chi connectivity index (χ0n) is 12.3. The van der Waals surface area contributed by atoms with Crippen molar-refractivity contribution in [1.29, 1.82) is 0 Å². The normalized spacial score (nSPS) is 33.5. The number of piperazine rings is 1. The second-order valence-corrected chi connectivity index (χ2v) is 6.37. The standard InChI is InChI=1S/C15H31N3/c1-3-13(2)18-10-8-17(9-11-18)12-14-4-6-15(16)7-5-14/h13-15H,3-12,16H2,1-2H3. The lowest BCUT2D eigenvalue weighted by atomic mass is 9.86. The Hall–Kier alpha value is -0.120. The van der Waals surface area contributed by atoms with E-state index in [0.717, 1.165) is 12.0 Å². The maximum absolute atomic E-state index is 5.98. The molecule has 0 bridgehead atoms. The van der Waals surface area contributed by atoms with Crippen LogP contribution in [0.15, 0.2) is 0 Å². The van der Waals surface area contributed by atoms with Crippen LogP contribution < -0.4 is 5.73 Å². The molecule has 0 spiro atoms. The van der Waals surface area contributed by atoms with Gasteiger partial charge in [-0.15, -0.1) is 0 Å². The molecule has 106 valence electrons. The van der Waals surface area contributed by atoms with Crippen LogP contribution in [0.25, 0.3) is 0 Å². The first-order valence-electron chi connectivity index (χ1n) is 7.91. The molecule has 1 saturated heterocycles. The van der Waals surface area contributed by atoms with E-state index in [1.807, 2.05) is 0 Å². The highest BCUT2D eigenvalue weighted by atomic mass is 15.3. The quantitative estimate of drug-likeness (QED) is 0.831. The molecule has 0 aromatic heterocycles. The molecule has 0 radical (unpaired) electrons. The van der Waals surface area contributed by atoms with Crippen LogP contribution in [0, 0.1) is 5.92 Å². The van der Waals surface area contributed by atoms with E-state index in [2.05, 4.69) is 23.6 Å². The summed E-state index contributed by atoms with van der Waals surface area (Å²) in [5.74, 6) is 0.917. The predicted molar refractivity (Wildman–Crippen MR) is 77.7 cm³/mol. The lowest BCUT2D eigenvalue weighted by Crippen LogP contribution is -2.50. The van der Waals surface area contributed by atoms with Crippen LogP contribution in [0.2, 0.25) is 0 Å². The fourth-order valence-electron chi connectivity index (χ4n) is 3.38.